The number of hydrazone groups is 1. The van der Waals surface area contributed by atoms with Gasteiger partial charge in [-0.1, -0.05) is 86.5 Å². The van der Waals surface area contributed by atoms with Gasteiger partial charge < -0.3 is 10.1 Å². The van der Waals surface area contributed by atoms with Crippen LogP contribution in [-0.2, 0) is 25.7 Å². The topological polar surface area (TPSA) is 88.1 Å². The summed E-state index contributed by atoms with van der Waals surface area (Å²) in [5.41, 5.74) is 2.85. The van der Waals surface area contributed by atoms with Gasteiger partial charge >= 0.3 is 5.97 Å². The predicted molar refractivity (Wildman–Crippen MR) is 175 cm³/mol. The number of hydrogen-bond acceptors (Lipinski definition) is 5. The molecule has 7 heteroatoms. The second-order valence-corrected chi connectivity index (χ2v) is 13.3. The zero-order chi connectivity index (χ0) is 31.7. The second kappa shape index (κ2) is 14.8. The van der Waals surface area contributed by atoms with Gasteiger partial charge in [0.1, 0.15) is 5.60 Å². The van der Waals surface area contributed by atoms with Crippen LogP contribution in [0.25, 0.3) is 0 Å². The number of benzene rings is 2. The Labute approximate surface area is 263 Å². The van der Waals surface area contributed by atoms with Gasteiger partial charge in [0, 0.05) is 13.0 Å². The Kier molecular flexibility index (Phi) is 11.2. The van der Waals surface area contributed by atoms with Crippen molar-refractivity contribution >= 4 is 23.5 Å². The van der Waals surface area contributed by atoms with E-state index in [0.717, 1.165) is 60.9 Å². The van der Waals surface area contributed by atoms with Crippen LogP contribution >= 0.6 is 0 Å². The fourth-order valence-corrected chi connectivity index (χ4v) is 5.90. The minimum atomic E-state index is -0.487. The number of nitrogens with zero attached hydrogens (tertiary/aromatic N) is 2. The van der Waals surface area contributed by atoms with E-state index in [9.17, 15) is 14.4 Å². The molecule has 2 aliphatic carbocycles. The zero-order valence-electron chi connectivity index (χ0n) is 27.1. The van der Waals surface area contributed by atoms with E-state index in [-0.39, 0.29) is 23.7 Å². The fourth-order valence-electron chi connectivity index (χ4n) is 5.90. The number of carbonyl (C=O) groups is 3. The summed E-state index contributed by atoms with van der Waals surface area (Å²) in [7, 11) is 0. The lowest BCUT2D eigenvalue weighted by Crippen LogP contribution is -2.33. The summed E-state index contributed by atoms with van der Waals surface area (Å²) >= 11 is 0. The second-order valence-electron chi connectivity index (χ2n) is 13.3. The molecule has 2 aromatic carbocycles. The van der Waals surface area contributed by atoms with Crippen LogP contribution in [0.2, 0.25) is 0 Å². The first-order valence-corrected chi connectivity index (χ1v) is 16.2. The van der Waals surface area contributed by atoms with Crippen molar-refractivity contribution in [1.82, 2.24) is 10.3 Å². The molecule has 2 aliphatic rings. The van der Waals surface area contributed by atoms with E-state index in [4.69, 9.17) is 4.74 Å². The third kappa shape index (κ3) is 9.13. The Morgan fingerprint density at radius 3 is 2.27 bits per heavy atom. The minimum absolute atomic E-state index is 0.0356. The van der Waals surface area contributed by atoms with Crippen molar-refractivity contribution < 1.29 is 19.1 Å². The Hall–Kier alpha value is -3.74. The van der Waals surface area contributed by atoms with Crippen LogP contribution in [0.3, 0.4) is 0 Å². The number of carbonyl (C=O) groups excluding carboxylic acids is 3. The molecule has 2 fully saturated rings. The molecule has 1 N–H and O–H groups in total. The van der Waals surface area contributed by atoms with Crippen LogP contribution < -0.4 is 5.32 Å². The van der Waals surface area contributed by atoms with E-state index in [2.05, 4.69) is 10.4 Å². The van der Waals surface area contributed by atoms with Gasteiger partial charge in [0.2, 0.25) is 11.8 Å². The molecule has 2 aromatic rings. The van der Waals surface area contributed by atoms with Crippen molar-refractivity contribution in [3.63, 3.8) is 0 Å². The summed E-state index contributed by atoms with van der Waals surface area (Å²) in [6.07, 6.45) is 11.0. The van der Waals surface area contributed by atoms with Gasteiger partial charge in [-0.25, -0.2) is 5.01 Å². The van der Waals surface area contributed by atoms with Crippen molar-refractivity contribution in [1.29, 1.82) is 0 Å². The minimum Gasteiger partial charge on any atom is -0.460 e. The smallest absolute Gasteiger partial charge is 0.312 e. The van der Waals surface area contributed by atoms with E-state index in [1.54, 1.807) is 5.01 Å². The standard InChI is InChI=1S/C37H49N3O4/c1-6-32(41)40(39-27(2)29-14-8-7-9-15-29)26-28-18-20-31(21-19-28)33(30-16-10-11-17-30)34(42)38-25-13-12-22-37(23-24-37)35(43)44-36(3,4)5/h7-9,12-15,18-21,30,33H,6,10-11,16-17,22-26H2,1-5H3,(H,38,42)/b13-12+,39-27+. The Balaban J connectivity index is 1.39. The van der Waals surface area contributed by atoms with Crippen molar-refractivity contribution in [3.05, 3.63) is 83.4 Å². The summed E-state index contributed by atoms with van der Waals surface area (Å²) in [6, 6.07) is 18.0. The van der Waals surface area contributed by atoms with Crippen molar-refractivity contribution in [3.8, 4) is 0 Å². The van der Waals surface area contributed by atoms with Crippen LogP contribution in [0.4, 0.5) is 0 Å². The van der Waals surface area contributed by atoms with E-state index in [1.807, 2.05) is 101 Å². The van der Waals surface area contributed by atoms with Gasteiger partial charge in [-0.2, -0.15) is 5.10 Å². The Morgan fingerprint density at radius 2 is 1.68 bits per heavy atom. The van der Waals surface area contributed by atoms with Gasteiger partial charge in [-0.15, -0.1) is 0 Å². The lowest BCUT2D eigenvalue weighted by atomic mass is 9.83. The molecule has 7 nitrogen and oxygen atoms in total. The zero-order valence-corrected chi connectivity index (χ0v) is 27.1. The molecule has 0 heterocycles. The monoisotopic (exact) mass is 599 g/mol. The van der Waals surface area contributed by atoms with Gasteiger partial charge in [-0.05, 0) is 82.4 Å². The maximum atomic E-state index is 13.5. The van der Waals surface area contributed by atoms with Crippen LogP contribution in [0.1, 0.15) is 109 Å². The molecule has 0 bridgehead atoms. The van der Waals surface area contributed by atoms with E-state index in [1.165, 1.54) is 0 Å². The summed E-state index contributed by atoms with van der Waals surface area (Å²) in [5, 5.41) is 9.33. The van der Waals surface area contributed by atoms with Gasteiger partial charge in [0.05, 0.1) is 23.6 Å². The SMILES string of the molecule is CCC(=O)N(Cc1ccc(C(C(=O)NC/C=C/CC2(C(=O)OC(C)(C)C)CC2)C2CCCC2)cc1)/N=C(\C)c1ccccc1. The average Bonchev–Trinajstić information content (AvgIpc) is 3.61. The summed E-state index contributed by atoms with van der Waals surface area (Å²) < 4.78 is 5.61. The molecule has 0 spiro atoms. The number of esters is 1. The lowest BCUT2D eigenvalue weighted by Gasteiger charge is -2.24. The number of ether oxygens (including phenoxy) is 1. The van der Waals surface area contributed by atoms with E-state index >= 15 is 0 Å². The molecular formula is C37H49N3O4. The number of hydrogen-bond donors (Lipinski definition) is 1. The molecule has 0 saturated heterocycles. The molecular weight excluding hydrogens is 550 g/mol. The van der Waals surface area contributed by atoms with Crippen LogP contribution in [0.15, 0.2) is 71.9 Å². The van der Waals surface area contributed by atoms with E-state index in [0.29, 0.717) is 31.8 Å². The summed E-state index contributed by atoms with van der Waals surface area (Å²) in [5.74, 6) is -0.0391. The van der Waals surface area contributed by atoms with Crippen molar-refractivity contribution in [2.75, 3.05) is 6.54 Å². The van der Waals surface area contributed by atoms with Crippen LogP contribution in [0.5, 0.6) is 0 Å². The molecule has 0 aromatic heterocycles. The Morgan fingerprint density at radius 1 is 1.02 bits per heavy atom. The Bertz CT molecular complexity index is 1330. The molecule has 1 atom stereocenters. The predicted octanol–water partition coefficient (Wildman–Crippen LogP) is 7.31. The highest BCUT2D eigenvalue weighted by atomic mass is 16.6. The number of rotatable bonds is 13. The highest BCUT2D eigenvalue weighted by molar-refractivity contribution is 5.99. The normalized spacial score (nSPS) is 17.3. The molecule has 0 aliphatic heterocycles. The van der Waals surface area contributed by atoms with Gasteiger partial charge in [-0.3, -0.25) is 14.4 Å². The number of amides is 2. The molecule has 1 unspecified atom stereocenters. The molecule has 2 amide bonds. The van der Waals surface area contributed by atoms with Crippen molar-refractivity contribution in [2.24, 2.45) is 16.4 Å². The maximum absolute atomic E-state index is 13.5. The first-order chi connectivity index (χ1) is 21.0. The highest BCUT2D eigenvalue weighted by Crippen LogP contribution is 2.50. The largest absolute Gasteiger partial charge is 0.460 e. The van der Waals surface area contributed by atoms with Gasteiger partial charge in [0.15, 0.2) is 0 Å². The van der Waals surface area contributed by atoms with Gasteiger partial charge in [0.25, 0.3) is 0 Å². The first-order valence-electron chi connectivity index (χ1n) is 16.2. The van der Waals surface area contributed by atoms with E-state index < -0.39 is 11.0 Å². The first kappa shape index (κ1) is 33.2. The maximum Gasteiger partial charge on any atom is 0.312 e. The molecule has 4 rings (SSSR count). The van der Waals surface area contributed by atoms with Crippen molar-refractivity contribution in [2.45, 2.75) is 104 Å². The molecule has 0 radical (unpaired) electrons. The highest BCUT2D eigenvalue weighted by Gasteiger charge is 2.51. The summed E-state index contributed by atoms with van der Waals surface area (Å²) in [6.45, 7) is 10.2. The fraction of sp³-hybridized carbons (Fsp3) is 0.514. The molecule has 2 saturated carbocycles. The average molecular weight is 600 g/mol. The quantitative estimate of drug-likeness (QED) is 0.113. The molecule has 236 valence electrons. The molecule has 44 heavy (non-hydrogen) atoms. The summed E-state index contributed by atoms with van der Waals surface area (Å²) in [4.78, 5) is 38.9. The lowest BCUT2D eigenvalue weighted by molar-refractivity contribution is -0.161. The third-order valence-electron chi connectivity index (χ3n) is 8.63. The van der Waals surface area contributed by atoms with Crippen LogP contribution in [-0.4, -0.2) is 40.7 Å². The van der Waals surface area contributed by atoms with Crippen LogP contribution in [0, 0.1) is 11.3 Å². The third-order valence-corrected chi connectivity index (χ3v) is 8.63. The number of allylic oxidation sites excluding steroid dienone is 1. The number of nitrogens with one attached hydrogen (secondary N) is 1.